The molecule has 3 aliphatic heterocycles. The van der Waals surface area contributed by atoms with Crippen LogP contribution in [0.25, 0.3) is 0 Å². The monoisotopic (exact) mass is 1370 g/mol. The highest BCUT2D eigenvalue weighted by atomic mass is 16.5. The van der Waals surface area contributed by atoms with E-state index in [4.69, 9.17) is 16.2 Å². The second kappa shape index (κ2) is 43.2. The molecule has 32 heteroatoms. The van der Waals surface area contributed by atoms with E-state index >= 15 is 4.79 Å². The third-order valence-electron chi connectivity index (χ3n) is 17.4. The molecule has 3 rings (SSSR count). The highest BCUT2D eigenvalue weighted by Gasteiger charge is 2.49. The zero-order chi connectivity index (χ0) is 71.8. The van der Waals surface area contributed by atoms with E-state index in [1.165, 1.54) is 0 Å². The Morgan fingerprint density at radius 3 is 1.64 bits per heavy atom. The molecule has 3 aliphatic rings. The number of nitrogens with two attached hydrogens (primary N) is 2. The van der Waals surface area contributed by atoms with Gasteiger partial charge in [0.15, 0.2) is 18.1 Å². The minimum absolute atomic E-state index is 0.0739. The van der Waals surface area contributed by atoms with E-state index in [0.29, 0.717) is 41.4 Å². The Bertz CT molecular complexity index is 2590. The number of fused-ring (bicyclic) bond motifs is 2. The minimum atomic E-state index is -2.84. The van der Waals surface area contributed by atoms with Crippen LogP contribution in [-0.2, 0) is 62.3 Å². The predicted octanol–water partition coefficient (Wildman–Crippen LogP) is -1.03. The predicted molar refractivity (Wildman–Crippen MR) is 346 cm³/mol. The van der Waals surface area contributed by atoms with E-state index in [2.05, 4.69) is 47.0 Å². The number of imide groups is 1. The Balaban J connectivity index is 2.24. The maximum Gasteiger partial charge on any atom is 0.335 e. The van der Waals surface area contributed by atoms with Crippen LogP contribution >= 0.6 is 0 Å². The van der Waals surface area contributed by atoms with Gasteiger partial charge >= 0.3 is 17.9 Å². The Morgan fingerprint density at radius 2 is 1.11 bits per heavy atom. The van der Waals surface area contributed by atoms with Crippen LogP contribution in [0.5, 0.6) is 0 Å². The van der Waals surface area contributed by atoms with Gasteiger partial charge in [-0.1, -0.05) is 130 Å². The fourth-order valence-corrected chi connectivity index (χ4v) is 12.1. The van der Waals surface area contributed by atoms with Crippen molar-refractivity contribution in [3.8, 4) is 0 Å². The topological polar surface area (TPSA) is 510 Å². The number of amides is 9. The Morgan fingerprint density at radius 1 is 0.615 bits per heavy atom. The molecule has 96 heavy (non-hydrogen) atoms. The molecular weight excluding hydrogens is 1260 g/mol. The molecule has 5 unspecified atom stereocenters. The van der Waals surface area contributed by atoms with E-state index in [0.717, 1.165) is 102 Å². The Kier molecular flexibility index (Phi) is 37.4. The number of hydrogen-bond donors (Lipinski definition) is 15. The number of rotatable bonds is 33. The fourth-order valence-electron chi connectivity index (χ4n) is 12.1. The first-order chi connectivity index (χ1) is 45.4. The molecular formula is C64H109N11O21. The fraction of sp³-hybridized carbons (Fsp3) is 0.797. The van der Waals surface area contributed by atoms with Gasteiger partial charge in [0.05, 0.1) is 50.3 Å². The summed E-state index contributed by atoms with van der Waals surface area (Å²) in [7, 11) is 0. The number of nitrogens with one attached hydrogen (secondary N) is 5. The van der Waals surface area contributed by atoms with Crippen molar-refractivity contribution in [2.75, 3.05) is 26.2 Å². The van der Waals surface area contributed by atoms with E-state index in [9.17, 15) is 93.6 Å². The third kappa shape index (κ3) is 27.8. The molecule has 3 heterocycles. The summed E-state index contributed by atoms with van der Waals surface area (Å²) in [6.07, 6.45) is 0.146. The standard InChI is InChI=1S/C64H109N11O21/c1-6-7-8-9-10-11-16-19-22-26-41-34-48(82)75(47(81)33-40(78)25-21-18-15-13-12-14-17-20-24-37(2)3)51(39(5)77)57(88)68-38(4)60(91)73-31-28-45(79)52(73)58(89)69-42(27-23-30-67-64(65)66)55(86)70-43(35-49(83)84)56(87)71-44(36-76)61(92)74-32-29-46(80)53(74)59(90)72-50(63(95)96-41)54(85)62(93)94/h37-46,50-54,76-80,85H,6-36H2,1-5H3,(H,68,88)(H,69,89)(H,70,86)(H,71,87)(H,72,90)(H,83,84)(H,93,94)(H4,65,66,67)/t38-,39-,40?,41?,42?,43-,44?,45+,46+,50+,51?,52+,53+,54+/m1/s1. The van der Waals surface area contributed by atoms with Crippen molar-refractivity contribution in [2.24, 2.45) is 22.4 Å². The van der Waals surface area contributed by atoms with Gasteiger partial charge in [-0.25, -0.2) is 9.59 Å². The molecule has 3 saturated heterocycles. The summed E-state index contributed by atoms with van der Waals surface area (Å²) in [4.78, 5) is 175. The van der Waals surface area contributed by atoms with Crippen LogP contribution in [0.15, 0.2) is 4.99 Å². The number of ether oxygens (including phenoxy) is 1. The molecule has 0 aromatic carbocycles. The lowest BCUT2D eigenvalue weighted by Gasteiger charge is -2.34. The highest BCUT2D eigenvalue weighted by molar-refractivity contribution is 6.03. The van der Waals surface area contributed by atoms with Gasteiger partial charge in [-0.05, 0) is 64.7 Å². The molecule has 0 aromatic heterocycles. The average Bonchev–Trinajstić information content (AvgIpc) is 1.59. The van der Waals surface area contributed by atoms with Crippen molar-refractivity contribution in [3.63, 3.8) is 0 Å². The number of esters is 1. The SMILES string of the molecule is CCCCCCCCCCCC1CC(=O)N(C(=O)CC(O)CCCCCCCCCCC(C)C)C([C@@H](C)O)C(=O)N[C@H](C)C(=O)N2CC[C@H](O)[C@H]2C(=O)NC(CCCN=C(N)N)C(=O)N[C@H](CC(=O)O)C(=O)NC(CO)C(=O)N2CC[C@H](O)[C@H]2C(=O)N[C@@H]([C@H](O)C(=O)O)C(=O)O1. The van der Waals surface area contributed by atoms with Crippen LogP contribution in [-0.4, -0.2) is 244 Å². The van der Waals surface area contributed by atoms with Crippen LogP contribution in [0.4, 0.5) is 0 Å². The van der Waals surface area contributed by atoms with Crippen LogP contribution in [0, 0.1) is 5.92 Å². The summed E-state index contributed by atoms with van der Waals surface area (Å²) in [5.74, 6) is -16.7. The minimum Gasteiger partial charge on any atom is -0.481 e. The zero-order valence-corrected chi connectivity index (χ0v) is 56.4. The second-order valence-electron chi connectivity index (χ2n) is 26.0. The summed E-state index contributed by atoms with van der Waals surface area (Å²) >= 11 is 0. The number of unbranched alkanes of at least 4 members (excludes halogenated alkanes) is 15. The molecule has 9 amide bonds. The molecule has 3 fully saturated rings. The van der Waals surface area contributed by atoms with Crippen molar-refractivity contribution in [2.45, 2.75) is 293 Å². The highest BCUT2D eigenvalue weighted by Crippen LogP contribution is 2.25. The first-order valence-corrected chi connectivity index (χ1v) is 34.1. The van der Waals surface area contributed by atoms with Crippen molar-refractivity contribution < 1.29 is 103 Å². The lowest BCUT2D eigenvalue weighted by molar-refractivity contribution is -0.167. The number of carbonyl (C=O) groups is 12. The number of aliphatic hydroxyl groups excluding tert-OH is 6. The van der Waals surface area contributed by atoms with Gasteiger partial charge in [0.1, 0.15) is 48.4 Å². The van der Waals surface area contributed by atoms with Crippen molar-refractivity contribution in [1.29, 1.82) is 0 Å². The molecule has 546 valence electrons. The quantitative estimate of drug-likeness (QED) is 0.0162. The van der Waals surface area contributed by atoms with E-state index in [-0.39, 0.29) is 64.0 Å². The number of aliphatic carboxylic acids is 2. The largest absolute Gasteiger partial charge is 0.481 e. The van der Waals surface area contributed by atoms with Crippen molar-refractivity contribution in [1.82, 2.24) is 41.3 Å². The number of hydrogen-bond acceptors (Lipinski definition) is 20. The number of carbonyl (C=O) groups excluding carboxylic acids is 10. The number of aliphatic imine (C=N–C) groups is 1. The van der Waals surface area contributed by atoms with Crippen LogP contribution in [0.1, 0.15) is 208 Å². The Labute approximate surface area is 561 Å². The molecule has 0 spiro atoms. The number of guanidine groups is 1. The van der Waals surface area contributed by atoms with Crippen molar-refractivity contribution >= 4 is 77.0 Å². The molecule has 14 atom stereocenters. The molecule has 17 N–H and O–H groups in total. The summed E-state index contributed by atoms with van der Waals surface area (Å²) in [5, 5.41) is 98.0. The van der Waals surface area contributed by atoms with Gasteiger partial charge in [-0.15, -0.1) is 0 Å². The lowest BCUT2D eigenvalue weighted by Crippen LogP contribution is -2.63. The van der Waals surface area contributed by atoms with E-state index in [1.807, 2.05) is 5.32 Å². The van der Waals surface area contributed by atoms with E-state index in [1.54, 1.807) is 0 Å². The smallest absolute Gasteiger partial charge is 0.335 e. The molecule has 0 aromatic rings. The molecule has 32 nitrogen and oxygen atoms in total. The van der Waals surface area contributed by atoms with Gasteiger partial charge in [-0.2, -0.15) is 0 Å². The lowest BCUT2D eigenvalue weighted by atomic mass is 10.0. The third-order valence-corrected chi connectivity index (χ3v) is 17.4. The molecule has 0 aliphatic carbocycles. The van der Waals surface area contributed by atoms with Gasteiger partial charge in [-0.3, -0.25) is 57.8 Å². The van der Waals surface area contributed by atoms with Gasteiger partial charge in [0.25, 0.3) is 0 Å². The van der Waals surface area contributed by atoms with Crippen LogP contribution in [0.3, 0.4) is 0 Å². The number of carboxylic acid groups (broad SMARTS) is 2. The molecule has 0 saturated carbocycles. The zero-order valence-electron chi connectivity index (χ0n) is 56.4. The van der Waals surface area contributed by atoms with Crippen LogP contribution < -0.4 is 38.1 Å². The molecule has 0 radical (unpaired) electrons. The normalized spacial score (nSPS) is 25.9. The van der Waals surface area contributed by atoms with Gasteiger partial charge in [0.2, 0.25) is 53.2 Å². The second-order valence-corrected chi connectivity index (χ2v) is 26.0. The van der Waals surface area contributed by atoms with E-state index < -0.39 is 188 Å². The number of nitrogens with zero attached hydrogens (tertiary/aromatic N) is 4. The van der Waals surface area contributed by atoms with Crippen molar-refractivity contribution in [3.05, 3.63) is 0 Å². The first kappa shape index (κ1) is 83.1. The average molecular weight is 1370 g/mol. The Hall–Kier alpha value is -7.13. The summed E-state index contributed by atoms with van der Waals surface area (Å²) in [6, 6.07) is -16.3. The maximum atomic E-state index is 15.1. The first-order valence-electron chi connectivity index (χ1n) is 34.1. The summed E-state index contributed by atoms with van der Waals surface area (Å²) in [5.41, 5.74) is 11.0. The summed E-state index contributed by atoms with van der Waals surface area (Å²) < 4.78 is 5.78. The van der Waals surface area contributed by atoms with Gasteiger partial charge < -0.3 is 93.4 Å². The van der Waals surface area contributed by atoms with Gasteiger partial charge in [0, 0.05) is 19.6 Å². The number of aliphatic hydroxyl groups is 6. The van der Waals surface area contributed by atoms with Crippen LogP contribution in [0.2, 0.25) is 0 Å². The summed E-state index contributed by atoms with van der Waals surface area (Å²) in [6.45, 7) is 6.38. The number of cyclic esters (lactones) is 1. The molecule has 0 bridgehead atoms. The number of carboxylic acids is 2. The maximum absolute atomic E-state index is 15.1.